The quantitative estimate of drug-likeness (QED) is 0.499. The van der Waals surface area contributed by atoms with Crippen molar-refractivity contribution in [2.45, 2.75) is 13.0 Å². The highest BCUT2D eigenvalue weighted by atomic mass is 79.9. The SMILES string of the molecule is CCOC(=O)C1=NN(c2ccc(Br)cc2)[C@@H]2C(=O)N(c3cccc(Cl)c3)C(=O)[C@H]12. The normalized spacial score (nSPS) is 20.7. The molecule has 4 rings (SSSR count). The van der Waals surface area contributed by atoms with Gasteiger partial charge < -0.3 is 4.74 Å². The maximum Gasteiger partial charge on any atom is 0.355 e. The Bertz CT molecular complexity index is 1040. The molecule has 0 aliphatic carbocycles. The van der Waals surface area contributed by atoms with Gasteiger partial charge in [-0.1, -0.05) is 33.6 Å². The molecule has 2 atom stereocenters. The lowest BCUT2D eigenvalue weighted by Crippen LogP contribution is -2.39. The van der Waals surface area contributed by atoms with Crippen molar-refractivity contribution >= 4 is 62.4 Å². The van der Waals surface area contributed by atoms with Crippen LogP contribution in [0, 0.1) is 5.92 Å². The molecule has 0 aromatic heterocycles. The number of ether oxygens (including phenoxy) is 1. The van der Waals surface area contributed by atoms with E-state index in [1.807, 2.05) is 0 Å². The first-order valence-corrected chi connectivity index (χ1v) is 10.0. The van der Waals surface area contributed by atoms with Gasteiger partial charge in [0.05, 0.1) is 18.0 Å². The summed E-state index contributed by atoms with van der Waals surface area (Å²) in [5, 5.41) is 6.11. The minimum atomic E-state index is -1.05. The molecule has 0 spiro atoms. The second kappa shape index (κ2) is 7.61. The number of carbonyl (C=O) groups is 3. The lowest BCUT2D eigenvalue weighted by Gasteiger charge is -2.22. The molecular weight excluding hydrogens is 462 g/mol. The fourth-order valence-corrected chi connectivity index (χ4v) is 3.91. The van der Waals surface area contributed by atoms with Crippen LogP contribution in [0.5, 0.6) is 0 Å². The highest BCUT2D eigenvalue weighted by Gasteiger charge is 2.59. The average Bonchev–Trinajstić information content (AvgIpc) is 3.20. The summed E-state index contributed by atoms with van der Waals surface area (Å²) in [5.41, 5.74) is 0.847. The predicted molar refractivity (Wildman–Crippen MR) is 112 cm³/mol. The number of fused-ring (bicyclic) bond motifs is 1. The summed E-state index contributed by atoms with van der Waals surface area (Å²) in [7, 11) is 0. The van der Waals surface area contributed by atoms with Crippen molar-refractivity contribution in [1.82, 2.24) is 0 Å². The number of hydrogen-bond acceptors (Lipinski definition) is 6. The van der Waals surface area contributed by atoms with Crippen LogP contribution in [0.1, 0.15) is 6.92 Å². The molecule has 29 heavy (non-hydrogen) atoms. The van der Waals surface area contributed by atoms with E-state index in [9.17, 15) is 14.4 Å². The van der Waals surface area contributed by atoms with Crippen molar-refractivity contribution in [1.29, 1.82) is 0 Å². The smallest absolute Gasteiger partial charge is 0.355 e. The van der Waals surface area contributed by atoms with Crippen molar-refractivity contribution in [2.75, 3.05) is 16.5 Å². The lowest BCUT2D eigenvalue weighted by molar-refractivity contribution is -0.136. The van der Waals surface area contributed by atoms with Crippen LogP contribution < -0.4 is 9.91 Å². The number of halogens is 2. The van der Waals surface area contributed by atoms with Crippen LogP contribution in [0.3, 0.4) is 0 Å². The Kier molecular flexibility index (Phi) is 5.14. The van der Waals surface area contributed by atoms with Crippen LogP contribution in [0.25, 0.3) is 0 Å². The summed E-state index contributed by atoms with van der Waals surface area (Å²) in [4.78, 5) is 40.0. The number of carbonyl (C=O) groups excluding carboxylic acids is 3. The summed E-state index contributed by atoms with van der Waals surface area (Å²) in [6.45, 7) is 1.80. The molecular formula is C20H15BrClN3O4. The van der Waals surface area contributed by atoms with Gasteiger partial charge in [-0.05, 0) is 49.4 Å². The number of esters is 1. The third-order valence-electron chi connectivity index (χ3n) is 4.69. The van der Waals surface area contributed by atoms with E-state index < -0.39 is 29.7 Å². The second-order valence-corrected chi connectivity index (χ2v) is 7.79. The van der Waals surface area contributed by atoms with Gasteiger partial charge in [0, 0.05) is 9.50 Å². The fraction of sp³-hybridized carbons (Fsp3) is 0.200. The number of hydrogen-bond donors (Lipinski definition) is 0. The molecule has 2 amide bonds. The molecule has 0 bridgehead atoms. The number of nitrogens with zero attached hydrogens (tertiary/aromatic N) is 3. The Morgan fingerprint density at radius 3 is 2.52 bits per heavy atom. The van der Waals surface area contributed by atoms with Gasteiger partial charge in [0.1, 0.15) is 12.0 Å². The van der Waals surface area contributed by atoms with Crippen LogP contribution in [0.2, 0.25) is 5.02 Å². The molecule has 1 fully saturated rings. The molecule has 2 aliphatic rings. The largest absolute Gasteiger partial charge is 0.461 e. The summed E-state index contributed by atoms with van der Waals surface area (Å²) < 4.78 is 5.92. The highest BCUT2D eigenvalue weighted by molar-refractivity contribution is 9.10. The van der Waals surface area contributed by atoms with E-state index in [1.165, 1.54) is 11.1 Å². The third-order valence-corrected chi connectivity index (χ3v) is 5.46. The summed E-state index contributed by atoms with van der Waals surface area (Å²) in [5.74, 6) is -2.78. The molecule has 2 aromatic rings. The molecule has 2 heterocycles. The van der Waals surface area contributed by atoms with Crippen LogP contribution in [0.15, 0.2) is 58.1 Å². The maximum absolute atomic E-state index is 13.3. The number of rotatable bonds is 4. The zero-order valence-corrected chi connectivity index (χ0v) is 17.6. The minimum Gasteiger partial charge on any atom is -0.461 e. The van der Waals surface area contributed by atoms with Gasteiger partial charge in [-0.15, -0.1) is 0 Å². The van der Waals surface area contributed by atoms with Crippen molar-refractivity contribution in [3.63, 3.8) is 0 Å². The van der Waals surface area contributed by atoms with Crippen molar-refractivity contribution in [2.24, 2.45) is 11.0 Å². The number of benzene rings is 2. The molecule has 2 aromatic carbocycles. The number of amides is 2. The third kappa shape index (κ3) is 3.32. The van der Waals surface area contributed by atoms with Gasteiger partial charge in [-0.3, -0.25) is 14.6 Å². The van der Waals surface area contributed by atoms with Crippen LogP contribution >= 0.6 is 27.5 Å². The van der Waals surface area contributed by atoms with E-state index in [2.05, 4.69) is 21.0 Å². The van der Waals surface area contributed by atoms with E-state index in [-0.39, 0.29) is 12.3 Å². The Morgan fingerprint density at radius 1 is 1.14 bits per heavy atom. The van der Waals surface area contributed by atoms with E-state index in [4.69, 9.17) is 16.3 Å². The zero-order chi connectivity index (χ0) is 20.7. The summed E-state index contributed by atoms with van der Waals surface area (Å²) in [6.07, 6.45) is 0. The van der Waals surface area contributed by atoms with Gasteiger partial charge in [0.25, 0.3) is 5.91 Å². The molecule has 0 unspecified atom stereocenters. The Balaban J connectivity index is 1.79. The lowest BCUT2D eigenvalue weighted by atomic mass is 9.98. The maximum atomic E-state index is 13.3. The van der Waals surface area contributed by atoms with Crippen LogP contribution in [0.4, 0.5) is 11.4 Å². The van der Waals surface area contributed by atoms with Gasteiger partial charge in [-0.25, -0.2) is 9.69 Å². The molecule has 0 radical (unpaired) electrons. The van der Waals surface area contributed by atoms with Gasteiger partial charge >= 0.3 is 5.97 Å². The topological polar surface area (TPSA) is 79.3 Å². The van der Waals surface area contributed by atoms with E-state index in [0.717, 1.165) is 9.37 Å². The van der Waals surface area contributed by atoms with Crippen molar-refractivity contribution in [3.05, 3.63) is 58.0 Å². The number of anilines is 2. The van der Waals surface area contributed by atoms with E-state index >= 15 is 0 Å². The minimum absolute atomic E-state index is 0.0809. The van der Waals surface area contributed by atoms with Gasteiger partial charge in [0.2, 0.25) is 5.91 Å². The molecule has 1 saturated heterocycles. The zero-order valence-electron chi connectivity index (χ0n) is 15.2. The number of hydrazone groups is 1. The molecule has 2 aliphatic heterocycles. The first kappa shape index (κ1) is 19.6. The predicted octanol–water partition coefficient (Wildman–Crippen LogP) is 3.40. The summed E-state index contributed by atoms with van der Waals surface area (Å²) >= 11 is 9.40. The van der Waals surface area contributed by atoms with Gasteiger partial charge in [-0.2, -0.15) is 5.10 Å². The van der Waals surface area contributed by atoms with Crippen molar-refractivity contribution in [3.8, 4) is 0 Å². The molecule has 0 N–H and O–H groups in total. The standard InChI is InChI=1S/C20H15BrClN3O4/c1-2-29-20(28)16-15-17(25(23-16)13-8-6-11(21)7-9-13)19(27)24(18(15)26)14-5-3-4-12(22)10-14/h3-10,15,17H,2H2,1H3/t15-,17+/m1/s1. The van der Waals surface area contributed by atoms with E-state index in [1.54, 1.807) is 49.4 Å². The van der Waals surface area contributed by atoms with Crippen LogP contribution in [-0.4, -0.2) is 36.1 Å². The molecule has 7 nitrogen and oxygen atoms in total. The Hall–Kier alpha value is -2.71. The Morgan fingerprint density at radius 2 is 1.86 bits per heavy atom. The monoisotopic (exact) mass is 475 g/mol. The molecule has 148 valence electrons. The molecule has 9 heteroatoms. The average molecular weight is 477 g/mol. The Labute approximate surface area is 180 Å². The summed E-state index contributed by atoms with van der Waals surface area (Å²) in [6, 6.07) is 12.6. The first-order valence-electron chi connectivity index (χ1n) is 8.86. The van der Waals surface area contributed by atoms with Crippen molar-refractivity contribution < 1.29 is 19.1 Å². The molecule has 0 saturated carbocycles. The van der Waals surface area contributed by atoms with Gasteiger partial charge in [0.15, 0.2) is 5.71 Å². The number of imide groups is 1. The second-order valence-electron chi connectivity index (χ2n) is 6.44. The first-order chi connectivity index (χ1) is 13.9. The fourth-order valence-electron chi connectivity index (χ4n) is 3.47. The van der Waals surface area contributed by atoms with E-state index in [0.29, 0.717) is 16.4 Å². The highest BCUT2D eigenvalue weighted by Crippen LogP contribution is 2.38. The van der Waals surface area contributed by atoms with Crippen LogP contribution in [-0.2, 0) is 19.1 Å².